The first-order valence-electron chi connectivity index (χ1n) is 1.52. The predicted molar refractivity (Wildman–Crippen MR) is 19.8 cm³/mol. The van der Waals surface area contributed by atoms with E-state index in [1.807, 2.05) is 12.1 Å². The molecule has 0 aliphatic rings. The molecule has 1 aromatic rings. The minimum atomic E-state index is 0. The maximum Gasteiger partial charge on any atom is 1.00 e. The predicted octanol–water partition coefficient (Wildman–Crippen LogP) is 0.641. The molecule has 0 saturated heterocycles. The van der Waals surface area contributed by atoms with E-state index in [1.54, 1.807) is 12.4 Å². The number of aromatic nitrogens is 1. The third kappa shape index (κ3) is 1.46. The summed E-state index contributed by atoms with van der Waals surface area (Å²) in [5.74, 6) is 0. The Morgan fingerprint density at radius 3 is 1.67 bits per heavy atom. The summed E-state index contributed by atoms with van der Waals surface area (Å²) < 4.78 is 0. The van der Waals surface area contributed by atoms with Crippen molar-refractivity contribution in [2.45, 2.75) is 0 Å². The molecular formula is C4H4AuN. The van der Waals surface area contributed by atoms with Crippen LogP contribution in [0.2, 0.25) is 0 Å². The van der Waals surface area contributed by atoms with Crippen LogP contribution in [0, 0.1) is 0 Å². The first kappa shape index (κ1) is 6.02. The van der Waals surface area contributed by atoms with Crippen LogP contribution in [0.3, 0.4) is 0 Å². The van der Waals surface area contributed by atoms with Gasteiger partial charge in [0.25, 0.3) is 0 Å². The molecule has 0 radical (unpaired) electrons. The van der Waals surface area contributed by atoms with Crippen LogP contribution in [0.15, 0.2) is 24.5 Å². The fourth-order valence-corrected chi connectivity index (χ4v) is 0.248. The van der Waals surface area contributed by atoms with Crippen LogP contribution >= 0.6 is 0 Å². The van der Waals surface area contributed by atoms with Gasteiger partial charge in [0, 0.05) is 0 Å². The van der Waals surface area contributed by atoms with Crippen LogP contribution in [0.5, 0.6) is 0 Å². The zero-order valence-corrected chi connectivity index (χ0v) is 5.22. The molecule has 1 heterocycles. The van der Waals surface area contributed by atoms with Crippen molar-refractivity contribution in [3.63, 3.8) is 0 Å². The molecule has 0 aliphatic heterocycles. The SMILES string of the molecule is [Au+].c1cc[n-]c1. The van der Waals surface area contributed by atoms with E-state index in [1.165, 1.54) is 0 Å². The fourth-order valence-electron chi connectivity index (χ4n) is 0.248. The van der Waals surface area contributed by atoms with Gasteiger partial charge in [-0.3, -0.25) is 0 Å². The number of rotatable bonds is 0. The van der Waals surface area contributed by atoms with Gasteiger partial charge >= 0.3 is 22.4 Å². The van der Waals surface area contributed by atoms with Crippen molar-refractivity contribution < 1.29 is 22.4 Å². The summed E-state index contributed by atoms with van der Waals surface area (Å²) in [7, 11) is 0. The Labute approximate surface area is 52.3 Å². The van der Waals surface area contributed by atoms with E-state index in [-0.39, 0.29) is 22.4 Å². The van der Waals surface area contributed by atoms with Gasteiger partial charge in [-0.05, 0) is 0 Å². The van der Waals surface area contributed by atoms with Crippen molar-refractivity contribution in [1.29, 1.82) is 0 Å². The molecule has 1 nitrogen and oxygen atoms in total. The molecule has 0 aromatic carbocycles. The molecule has 0 fully saturated rings. The molecule has 0 saturated carbocycles. The van der Waals surface area contributed by atoms with E-state index >= 15 is 0 Å². The Morgan fingerprint density at radius 2 is 1.50 bits per heavy atom. The molecule has 0 bridgehead atoms. The third-order valence-electron chi connectivity index (χ3n) is 0.455. The minimum absolute atomic E-state index is 0. The topological polar surface area (TPSA) is 14.1 Å². The summed E-state index contributed by atoms with van der Waals surface area (Å²) in [6, 6.07) is 3.78. The quantitative estimate of drug-likeness (QED) is 0.626. The van der Waals surface area contributed by atoms with Crippen LogP contribution in [-0.4, -0.2) is 0 Å². The molecule has 0 unspecified atom stereocenters. The van der Waals surface area contributed by atoms with Crippen LogP contribution in [0.1, 0.15) is 0 Å². The normalized spacial score (nSPS) is 6.67. The van der Waals surface area contributed by atoms with E-state index in [2.05, 4.69) is 4.98 Å². The van der Waals surface area contributed by atoms with Gasteiger partial charge in [-0.15, -0.1) is 0 Å². The summed E-state index contributed by atoms with van der Waals surface area (Å²) in [6.07, 6.45) is 3.50. The average Bonchev–Trinajstić information content (AvgIpc) is 1.76. The molecule has 0 aliphatic carbocycles. The Kier molecular flexibility index (Phi) is 3.23. The van der Waals surface area contributed by atoms with E-state index in [0.29, 0.717) is 0 Å². The number of hydrogen-bond acceptors (Lipinski definition) is 0. The maximum absolute atomic E-state index is 3.72. The molecule has 2 heteroatoms. The second-order valence-corrected chi connectivity index (χ2v) is 0.832. The summed E-state index contributed by atoms with van der Waals surface area (Å²) in [5, 5.41) is 0. The zero-order chi connectivity index (χ0) is 3.54. The van der Waals surface area contributed by atoms with Crippen molar-refractivity contribution in [2.75, 3.05) is 0 Å². The van der Waals surface area contributed by atoms with Crippen LogP contribution in [0.4, 0.5) is 0 Å². The molecule has 0 atom stereocenters. The maximum atomic E-state index is 3.72. The van der Waals surface area contributed by atoms with Crippen LogP contribution < -0.4 is 4.98 Å². The average molecular weight is 263 g/mol. The van der Waals surface area contributed by atoms with Crippen molar-refractivity contribution >= 4 is 0 Å². The Morgan fingerprint density at radius 1 is 1.00 bits per heavy atom. The van der Waals surface area contributed by atoms with E-state index in [0.717, 1.165) is 0 Å². The first-order valence-corrected chi connectivity index (χ1v) is 1.52. The summed E-state index contributed by atoms with van der Waals surface area (Å²) in [6.45, 7) is 0. The first-order chi connectivity index (χ1) is 2.50. The number of nitrogens with zero attached hydrogens (tertiary/aromatic N) is 1. The van der Waals surface area contributed by atoms with E-state index < -0.39 is 0 Å². The van der Waals surface area contributed by atoms with Crippen LogP contribution in [-0.2, 0) is 22.4 Å². The summed E-state index contributed by atoms with van der Waals surface area (Å²) in [5.41, 5.74) is 0. The Balaban J connectivity index is 0.000000250. The summed E-state index contributed by atoms with van der Waals surface area (Å²) >= 11 is 0. The third-order valence-corrected chi connectivity index (χ3v) is 0.455. The van der Waals surface area contributed by atoms with Gasteiger partial charge in [-0.2, -0.15) is 12.4 Å². The van der Waals surface area contributed by atoms with Gasteiger partial charge in [0.15, 0.2) is 0 Å². The molecule has 6 heavy (non-hydrogen) atoms. The Hall–Kier alpha value is 0.0203. The van der Waals surface area contributed by atoms with Crippen molar-refractivity contribution in [3.05, 3.63) is 24.5 Å². The van der Waals surface area contributed by atoms with Gasteiger partial charge in [0.2, 0.25) is 0 Å². The molecule has 1 aromatic heterocycles. The minimum Gasteiger partial charge on any atom is -0.670 e. The van der Waals surface area contributed by atoms with Crippen molar-refractivity contribution in [3.8, 4) is 0 Å². The van der Waals surface area contributed by atoms with E-state index in [4.69, 9.17) is 0 Å². The van der Waals surface area contributed by atoms with Gasteiger partial charge in [0.05, 0.1) is 0 Å². The molecule has 0 spiro atoms. The van der Waals surface area contributed by atoms with Gasteiger partial charge in [-0.25, -0.2) is 0 Å². The molecule has 0 N–H and O–H groups in total. The smallest absolute Gasteiger partial charge is 0.670 e. The number of hydrogen-bond donors (Lipinski definition) is 0. The molecule has 36 valence electrons. The van der Waals surface area contributed by atoms with Gasteiger partial charge in [0.1, 0.15) is 0 Å². The van der Waals surface area contributed by atoms with E-state index in [9.17, 15) is 0 Å². The van der Waals surface area contributed by atoms with Crippen molar-refractivity contribution in [1.82, 2.24) is 4.98 Å². The standard InChI is InChI=1S/C4H4N.Au/c1-2-4-5-3-1;/h1-4H;/q-1;+1. The fraction of sp³-hybridized carbons (Fsp3) is 0. The van der Waals surface area contributed by atoms with Crippen LogP contribution in [0.25, 0.3) is 0 Å². The second kappa shape index (κ2) is 3.22. The molecule has 1 rings (SSSR count). The van der Waals surface area contributed by atoms with Crippen molar-refractivity contribution in [2.24, 2.45) is 0 Å². The molecule has 0 amide bonds. The van der Waals surface area contributed by atoms with Gasteiger partial charge < -0.3 is 4.98 Å². The van der Waals surface area contributed by atoms with Gasteiger partial charge in [-0.1, -0.05) is 12.1 Å². The summed E-state index contributed by atoms with van der Waals surface area (Å²) in [4.78, 5) is 3.72. The molecular weight excluding hydrogens is 259 g/mol. The monoisotopic (exact) mass is 263 g/mol. The largest absolute Gasteiger partial charge is 1.00 e. The zero-order valence-electron chi connectivity index (χ0n) is 3.06. The Bertz CT molecular complexity index is 64.0. The second-order valence-electron chi connectivity index (χ2n) is 0.832.